The van der Waals surface area contributed by atoms with E-state index in [1.165, 1.54) is 11.9 Å². The fourth-order valence-corrected chi connectivity index (χ4v) is 3.11. The van der Waals surface area contributed by atoms with Crippen LogP contribution >= 0.6 is 0 Å². The zero-order valence-electron chi connectivity index (χ0n) is 15.6. The Bertz CT molecular complexity index is 862. The van der Waals surface area contributed by atoms with Gasteiger partial charge in [0, 0.05) is 24.1 Å². The van der Waals surface area contributed by atoms with Crippen LogP contribution in [0.4, 0.5) is 0 Å². The number of amides is 1. The Morgan fingerprint density at radius 1 is 1.23 bits per heavy atom. The molecule has 3 rings (SSSR count). The van der Waals surface area contributed by atoms with E-state index in [-0.39, 0.29) is 5.91 Å². The maximum Gasteiger partial charge on any atom is 0.273 e. The molecule has 2 aromatic rings. The average Bonchev–Trinajstić information content (AvgIpc) is 3.14. The molecule has 0 aliphatic carbocycles. The van der Waals surface area contributed by atoms with Crippen molar-refractivity contribution in [3.8, 4) is 0 Å². The number of aromatic amines is 1. The van der Waals surface area contributed by atoms with Gasteiger partial charge in [-0.2, -0.15) is 5.10 Å². The lowest BCUT2D eigenvalue weighted by Gasteiger charge is -2.18. The van der Waals surface area contributed by atoms with E-state index >= 15 is 0 Å². The molecule has 0 saturated carbocycles. The fraction of sp³-hybridized carbons (Fsp3) is 0.368. The van der Waals surface area contributed by atoms with Crippen LogP contribution < -0.4 is 5.43 Å². The summed E-state index contributed by atoms with van der Waals surface area (Å²) in [7, 11) is 0. The van der Waals surface area contributed by atoms with Crippen LogP contribution in [0.2, 0.25) is 0 Å². The lowest BCUT2D eigenvalue weighted by atomic mass is 10.0. The van der Waals surface area contributed by atoms with Crippen LogP contribution in [0.1, 0.15) is 42.1 Å². The Morgan fingerprint density at radius 2 is 2.00 bits per heavy atom. The van der Waals surface area contributed by atoms with Crippen molar-refractivity contribution in [3.63, 3.8) is 0 Å². The highest BCUT2D eigenvalue weighted by atomic mass is 16.2. The zero-order chi connectivity index (χ0) is 18.7. The number of aryl methyl sites for hydroxylation is 1. The number of nitrogens with zero attached hydrogens (tertiary/aromatic N) is 4. The predicted molar refractivity (Wildman–Crippen MR) is 102 cm³/mol. The first-order valence-corrected chi connectivity index (χ1v) is 8.82. The first-order chi connectivity index (χ1) is 12.5. The van der Waals surface area contributed by atoms with Crippen LogP contribution in [0.25, 0.3) is 6.08 Å². The van der Waals surface area contributed by atoms with Crippen molar-refractivity contribution in [2.75, 3.05) is 13.1 Å². The molecular weight excluding hydrogens is 328 g/mol. The Kier molecular flexibility index (Phi) is 5.27. The van der Waals surface area contributed by atoms with Gasteiger partial charge in [-0.3, -0.25) is 9.69 Å². The first kappa shape index (κ1) is 18.0. The summed E-state index contributed by atoms with van der Waals surface area (Å²) in [6.07, 6.45) is 4.94. The van der Waals surface area contributed by atoms with Gasteiger partial charge in [-0.25, -0.2) is 15.4 Å². The van der Waals surface area contributed by atoms with Gasteiger partial charge in [-0.1, -0.05) is 13.8 Å². The summed E-state index contributed by atoms with van der Waals surface area (Å²) in [4.78, 5) is 26.2. The van der Waals surface area contributed by atoms with Crippen LogP contribution in [-0.2, 0) is 11.3 Å². The van der Waals surface area contributed by atoms with Crippen molar-refractivity contribution in [1.29, 1.82) is 0 Å². The average molecular weight is 352 g/mol. The highest BCUT2D eigenvalue weighted by molar-refractivity contribution is 6.32. The van der Waals surface area contributed by atoms with E-state index in [2.05, 4.69) is 58.1 Å². The van der Waals surface area contributed by atoms with Gasteiger partial charge in [-0.05, 0) is 50.2 Å². The summed E-state index contributed by atoms with van der Waals surface area (Å²) in [6, 6.07) is 1.74. The molecule has 1 aliphatic heterocycles. The summed E-state index contributed by atoms with van der Waals surface area (Å²) in [5.74, 6) is -0.226. The lowest BCUT2D eigenvalue weighted by Crippen LogP contribution is -2.22. The standard InChI is InChI=1S/C19H24N6O/c1-5-25(6-2)10-15-12(3)17(22-13(15)4)9-14-18(23-24-19(14)26)16-7-8-20-11-21-16/h7-9,11,22H,5-6,10H2,1-4H3,(H,24,26)/b14-9+. The number of carbonyl (C=O) groups excluding carboxylic acids is 1. The maximum atomic E-state index is 12.3. The molecule has 0 unspecified atom stereocenters. The second-order valence-electron chi connectivity index (χ2n) is 6.28. The van der Waals surface area contributed by atoms with Gasteiger partial charge in [0.1, 0.15) is 12.0 Å². The highest BCUT2D eigenvalue weighted by Gasteiger charge is 2.25. The SMILES string of the molecule is CCN(CC)Cc1c(C)[nH]c(/C=C2/C(=O)NN=C2c2ccncn2)c1C. The molecule has 0 saturated heterocycles. The van der Waals surface area contributed by atoms with Crippen molar-refractivity contribution in [3.05, 3.63) is 52.4 Å². The molecule has 7 heteroatoms. The summed E-state index contributed by atoms with van der Waals surface area (Å²) in [5, 5.41) is 4.13. The van der Waals surface area contributed by atoms with E-state index in [1.807, 2.05) is 6.08 Å². The number of hydrazone groups is 1. The molecule has 0 fully saturated rings. The van der Waals surface area contributed by atoms with E-state index in [4.69, 9.17) is 0 Å². The van der Waals surface area contributed by atoms with Crippen LogP contribution in [-0.4, -0.2) is 44.6 Å². The minimum Gasteiger partial charge on any atom is -0.359 e. The first-order valence-electron chi connectivity index (χ1n) is 8.82. The van der Waals surface area contributed by atoms with Gasteiger partial charge in [-0.15, -0.1) is 0 Å². The van der Waals surface area contributed by atoms with Gasteiger partial charge in [0.05, 0.1) is 11.3 Å². The number of aromatic nitrogens is 3. The molecule has 26 heavy (non-hydrogen) atoms. The van der Waals surface area contributed by atoms with E-state index in [0.717, 1.165) is 36.6 Å². The van der Waals surface area contributed by atoms with Crippen LogP contribution in [0, 0.1) is 13.8 Å². The third-order valence-electron chi connectivity index (χ3n) is 4.79. The maximum absolute atomic E-state index is 12.3. The molecule has 136 valence electrons. The van der Waals surface area contributed by atoms with E-state index < -0.39 is 0 Å². The largest absolute Gasteiger partial charge is 0.359 e. The normalized spacial score (nSPS) is 15.7. The second-order valence-corrected chi connectivity index (χ2v) is 6.28. The van der Waals surface area contributed by atoms with Crippen molar-refractivity contribution < 1.29 is 4.79 Å². The van der Waals surface area contributed by atoms with Gasteiger partial charge >= 0.3 is 0 Å². The molecule has 7 nitrogen and oxygen atoms in total. The molecule has 3 heterocycles. The summed E-state index contributed by atoms with van der Waals surface area (Å²) < 4.78 is 0. The minimum atomic E-state index is -0.226. The van der Waals surface area contributed by atoms with Crippen molar-refractivity contribution in [1.82, 2.24) is 25.3 Å². The zero-order valence-corrected chi connectivity index (χ0v) is 15.6. The summed E-state index contributed by atoms with van der Waals surface area (Å²) >= 11 is 0. The quantitative estimate of drug-likeness (QED) is 0.780. The highest BCUT2D eigenvalue weighted by Crippen LogP contribution is 2.24. The topological polar surface area (TPSA) is 86.3 Å². The lowest BCUT2D eigenvalue weighted by molar-refractivity contribution is -0.116. The van der Waals surface area contributed by atoms with Crippen molar-refractivity contribution in [2.24, 2.45) is 5.10 Å². The Hall–Kier alpha value is -2.80. The van der Waals surface area contributed by atoms with E-state index in [1.54, 1.807) is 12.3 Å². The number of rotatable bonds is 6. The molecule has 0 aromatic carbocycles. The summed E-state index contributed by atoms with van der Waals surface area (Å²) in [5.41, 5.74) is 8.67. The van der Waals surface area contributed by atoms with Crippen LogP contribution in [0.3, 0.4) is 0 Å². The van der Waals surface area contributed by atoms with Crippen molar-refractivity contribution in [2.45, 2.75) is 34.2 Å². The Labute approximate surface area is 153 Å². The van der Waals surface area contributed by atoms with Crippen LogP contribution in [0.5, 0.6) is 0 Å². The Balaban J connectivity index is 1.96. The summed E-state index contributed by atoms with van der Waals surface area (Å²) in [6.45, 7) is 11.4. The number of nitrogens with one attached hydrogen (secondary N) is 2. The predicted octanol–water partition coefficient (Wildman–Crippen LogP) is 2.18. The molecule has 2 N–H and O–H groups in total. The van der Waals surface area contributed by atoms with Gasteiger partial charge in [0.15, 0.2) is 0 Å². The monoisotopic (exact) mass is 352 g/mol. The number of carbonyl (C=O) groups is 1. The molecule has 1 aliphatic rings. The fourth-order valence-electron chi connectivity index (χ4n) is 3.11. The number of hydrogen-bond acceptors (Lipinski definition) is 5. The molecule has 0 radical (unpaired) electrons. The molecule has 0 atom stereocenters. The third kappa shape index (κ3) is 3.43. The van der Waals surface area contributed by atoms with Crippen molar-refractivity contribution >= 4 is 17.7 Å². The third-order valence-corrected chi connectivity index (χ3v) is 4.79. The van der Waals surface area contributed by atoms with E-state index in [0.29, 0.717) is 17.0 Å². The van der Waals surface area contributed by atoms with Gasteiger partial charge in [0.25, 0.3) is 5.91 Å². The Morgan fingerprint density at radius 3 is 2.65 bits per heavy atom. The number of H-pyrrole nitrogens is 1. The van der Waals surface area contributed by atoms with Gasteiger partial charge < -0.3 is 4.98 Å². The smallest absolute Gasteiger partial charge is 0.273 e. The van der Waals surface area contributed by atoms with E-state index in [9.17, 15) is 4.79 Å². The molecule has 0 spiro atoms. The van der Waals surface area contributed by atoms with Gasteiger partial charge in [0.2, 0.25) is 0 Å². The number of hydrogen-bond donors (Lipinski definition) is 2. The van der Waals surface area contributed by atoms with Crippen LogP contribution in [0.15, 0.2) is 29.3 Å². The molecule has 0 bridgehead atoms. The molecule has 1 amide bonds. The molecule has 2 aromatic heterocycles. The second kappa shape index (κ2) is 7.61. The molecular formula is C19H24N6O. The minimum absolute atomic E-state index is 0.226.